The number of hydrogen-bond acceptors (Lipinski definition) is 7. The van der Waals surface area contributed by atoms with Crippen molar-refractivity contribution < 1.29 is 28.4 Å². The Balaban J connectivity index is 1.97. The van der Waals surface area contributed by atoms with E-state index in [9.17, 15) is 0 Å². The summed E-state index contributed by atoms with van der Waals surface area (Å²) in [4.78, 5) is 2.09. The molecule has 0 heterocycles. The minimum absolute atomic E-state index is 0.523. The lowest BCUT2D eigenvalue weighted by Gasteiger charge is -2.18. The average Bonchev–Trinajstić information content (AvgIpc) is 2.66. The van der Waals surface area contributed by atoms with E-state index in [4.69, 9.17) is 28.4 Å². The van der Waals surface area contributed by atoms with Crippen LogP contribution in [-0.2, 0) is 23.7 Å². The van der Waals surface area contributed by atoms with Crippen molar-refractivity contribution in [2.24, 2.45) is 0 Å². The molecule has 0 aliphatic carbocycles. The van der Waals surface area contributed by atoms with Crippen molar-refractivity contribution in [1.29, 1.82) is 0 Å². The second kappa shape index (κ2) is 15.5. The molecular weight excluding hydrogens is 362 g/mol. The van der Waals surface area contributed by atoms with Gasteiger partial charge in [0.2, 0.25) is 0 Å². The molecule has 0 spiro atoms. The van der Waals surface area contributed by atoms with E-state index in [1.54, 1.807) is 7.11 Å². The van der Waals surface area contributed by atoms with E-state index in [-0.39, 0.29) is 0 Å². The highest BCUT2D eigenvalue weighted by Gasteiger charge is 2.07. The standard InChI is InChI=1S/C21H37NO6/c1-18-16-20(22(3)4)17-19(2)21(18)28-15-14-27-13-12-26-11-10-25-9-8-24-7-6-23-5/h16-17H,6-15H2,1-5H3. The van der Waals surface area contributed by atoms with E-state index in [0.29, 0.717) is 66.1 Å². The van der Waals surface area contributed by atoms with Crippen LogP contribution >= 0.6 is 0 Å². The number of aryl methyl sites for hydroxylation is 2. The highest BCUT2D eigenvalue weighted by atomic mass is 16.6. The smallest absolute Gasteiger partial charge is 0.125 e. The molecular formula is C21H37NO6. The quantitative estimate of drug-likeness (QED) is 0.373. The molecule has 1 aromatic rings. The lowest BCUT2D eigenvalue weighted by atomic mass is 10.1. The number of nitrogens with zero attached hydrogens (tertiary/aromatic N) is 1. The Bertz CT molecular complexity index is 501. The normalized spacial score (nSPS) is 11.0. The van der Waals surface area contributed by atoms with E-state index in [2.05, 4.69) is 30.9 Å². The Kier molecular flexibility index (Phi) is 13.7. The summed E-state index contributed by atoms with van der Waals surface area (Å²) < 4.78 is 32.5. The Labute approximate surface area is 169 Å². The van der Waals surface area contributed by atoms with Gasteiger partial charge in [0.15, 0.2) is 0 Å². The van der Waals surface area contributed by atoms with Crippen LogP contribution in [0.5, 0.6) is 5.75 Å². The molecule has 0 atom stereocenters. The Morgan fingerprint density at radius 1 is 0.643 bits per heavy atom. The number of ether oxygens (including phenoxy) is 6. The Morgan fingerprint density at radius 2 is 1.04 bits per heavy atom. The highest BCUT2D eigenvalue weighted by molar-refractivity contribution is 5.55. The van der Waals surface area contributed by atoms with Crippen LogP contribution in [0.15, 0.2) is 12.1 Å². The largest absolute Gasteiger partial charge is 0.491 e. The molecule has 28 heavy (non-hydrogen) atoms. The fourth-order valence-electron chi connectivity index (χ4n) is 2.52. The molecule has 0 fully saturated rings. The minimum atomic E-state index is 0.523. The van der Waals surface area contributed by atoms with E-state index in [0.717, 1.165) is 16.9 Å². The molecule has 0 amide bonds. The second-order valence-corrected chi connectivity index (χ2v) is 6.59. The molecule has 0 aliphatic rings. The summed E-state index contributed by atoms with van der Waals surface area (Å²) in [6, 6.07) is 4.26. The third-order valence-electron chi connectivity index (χ3n) is 3.98. The van der Waals surface area contributed by atoms with Crippen molar-refractivity contribution in [3.05, 3.63) is 23.3 Å². The maximum Gasteiger partial charge on any atom is 0.125 e. The van der Waals surface area contributed by atoms with Gasteiger partial charge in [-0.25, -0.2) is 0 Å². The average molecular weight is 400 g/mol. The van der Waals surface area contributed by atoms with Gasteiger partial charge in [-0.15, -0.1) is 0 Å². The predicted octanol–water partition coefficient (Wildman–Crippen LogP) is 2.46. The SMILES string of the molecule is COCCOCCOCCOCCOCCOc1c(C)cc(N(C)C)cc1C. The van der Waals surface area contributed by atoms with E-state index in [1.165, 1.54) is 5.69 Å². The first kappa shape index (κ1) is 24.7. The number of benzene rings is 1. The van der Waals surface area contributed by atoms with E-state index < -0.39 is 0 Å². The van der Waals surface area contributed by atoms with Crippen LogP contribution in [0.1, 0.15) is 11.1 Å². The molecule has 0 saturated carbocycles. The first-order chi connectivity index (χ1) is 13.6. The summed E-state index contributed by atoms with van der Waals surface area (Å²) in [6.07, 6.45) is 0. The third-order valence-corrected chi connectivity index (χ3v) is 3.98. The lowest BCUT2D eigenvalue weighted by molar-refractivity contribution is -0.00981. The van der Waals surface area contributed by atoms with Crippen LogP contribution in [0.3, 0.4) is 0 Å². The van der Waals surface area contributed by atoms with E-state index >= 15 is 0 Å². The van der Waals surface area contributed by atoms with Crippen LogP contribution in [-0.4, -0.2) is 87.3 Å². The fraction of sp³-hybridized carbons (Fsp3) is 0.714. The second-order valence-electron chi connectivity index (χ2n) is 6.59. The molecule has 0 saturated heterocycles. The summed E-state index contributed by atoms with van der Waals surface area (Å²) >= 11 is 0. The van der Waals surface area contributed by atoms with Crippen molar-refractivity contribution in [3.63, 3.8) is 0 Å². The maximum atomic E-state index is 5.89. The van der Waals surface area contributed by atoms with Gasteiger partial charge in [-0.1, -0.05) is 0 Å². The van der Waals surface area contributed by atoms with Crippen molar-refractivity contribution in [2.45, 2.75) is 13.8 Å². The third kappa shape index (κ3) is 10.8. The molecule has 0 aliphatic heterocycles. The minimum Gasteiger partial charge on any atom is -0.491 e. The zero-order chi connectivity index (χ0) is 20.6. The van der Waals surface area contributed by atoms with Gasteiger partial charge in [-0.05, 0) is 37.1 Å². The highest BCUT2D eigenvalue weighted by Crippen LogP contribution is 2.28. The van der Waals surface area contributed by atoms with Gasteiger partial charge in [-0.3, -0.25) is 0 Å². The summed E-state index contributed by atoms with van der Waals surface area (Å²) in [5, 5.41) is 0. The molecule has 7 nitrogen and oxygen atoms in total. The molecule has 162 valence electrons. The van der Waals surface area contributed by atoms with Gasteiger partial charge in [0.1, 0.15) is 12.4 Å². The Morgan fingerprint density at radius 3 is 1.43 bits per heavy atom. The van der Waals surface area contributed by atoms with Crippen LogP contribution in [0.25, 0.3) is 0 Å². The Hall–Kier alpha value is -1.38. The molecule has 7 heteroatoms. The number of anilines is 1. The summed E-state index contributed by atoms with van der Waals surface area (Å²) in [5.41, 5.74) is 3.45. The molecule has 1 aromatic carbocycles. The molecule has 0 N–H and O–H groups in total. The van der Waals surface area contributed by atoms with Gasteiger partial charge >= 0.3 is 0 Å². The number of hydrogen-bond donors (Lipinski definition) is 0. The molecule has 0 aromatic heterocycles. The number of methoxy groups -OCH3 is 1. The van der Waals surface area contributed by atoms with Crippen LogP contribution in [0, 0.1) is 13.8 Å². The monoisotopic (exact) mass is 399 g/mol. The molecule has 0 radical (unpaired) electrons. The van der Waals surface area contributed by atoms with Crippen molar-refractivity contribution >= 4 is 5.69 Å². The zero-order valence-electron chi connectivity index (χ0n) is 18.1. The zero-order valence-corrected chi connectivity index (χ0v) is 18.1. The first-order valence-electron chi connectivity index (χ1n) is 9.77. The van der Waals surface area contributed by atoms with Crippen molar-refractivity contribution in [3.8, 4) is 5.75 Å². The molecule has 0 unspecified atom stereocenters. The van der Waals surface area contributed by atoms with E-state index in [1.807, 2.05) is 14.1 Å². The van der Waals surface area contributed by atoms with Gasteiger partial charge in [0, 0.05) is 26.9 Å². The van der Waals surface area contributed by atoms with Gasteiger partial charge in [-0.2, -0.15) is 0 Å². The van der Waals surface area contributed by atoms with Gasteiger partial charge in [0.25, 0.3) is 0 Å². The topological polar surface area (TPSA) is 58.6 Å². The van der Waals surface area contributed by atoms with Crippen molar-refractivity contribution in [2.75, 3.05) is 92.2 Å². The van der Waals surface area contributed by atoms with Crippen LogP contribution in [0.2, 0.25) is 0 Å². The molecule has 1 rings (SSSR count). The lowest BCUT2D eigenvalue weighted by Crippen LogP contribution is -2.14. The maximum absolute atomic E-state index is 5.89. The van der Waals surface area contributed by atoms with Gasteiger partial charge in [0.05, 0.1) is 59.5 Å². The number of rotatable bonds is 17. The summed E-state index contributed by atoms with van der Waals surface area (Å²) in [7, 11) is 5.73. The van der Waals surface area contributed by atoms with Crippen LogP contribution < -0.4 is 9.64 Å². The molecule has 0 bridgehead atoms. The fourth-order valence-corrected chi connectivity index (χ4v) is 2.52. The van der Waals surface area contributed by atoms with Crippen LogP contribution in [0.4, 0.5) is 5.69 Å². The predicted molar refractivity (Wildman–Crippen MR) is 111 cm³/mol. The summed E-state index contributed by atoms with van der Waals surface area (Å²) in [6.45, 7) is 9.72. The first-order valence-corrected chi connectivity index (χ1v) is 9.77. The van der Waals surface area contributed by atoms with Crippen molar-refractivity contribution in [1.82, 2.24) is 0 Å². The van der Waals surface area contributed by atoms with Gasteiger partial charge < -0.3 is 33.3 Å². The summed E-state index contributed by atoms with van der Waals surface area (Å²) in [5.74, 6) is 0.939.